The second-order valence-corrected chi connectivity index (χ2v) is 80.3. The number of hydrogen-bond acceptors (Lipinski definition) is 4. The summed E-state index contributed by atoms with van der Waals surface area (Å²) in [5.41, 5.74) is 1.95. The van der Waals surface area contributed by atoms with Crippen molar-refractivity contribution in [3.8, 4) is 0 Å². The maximum absolute atomic E-state index is 4.42. The Morgan fingerprint density at radius 2 is 1.38 bits per heavy atom. The van der Waals surface area contributed by atoms with E-state index in [1.807, 2.05) is 12.1 Å². The van der Waals surface area contributed by atoms with Gasteiger partial charge in [-0.3, -0.25) is 9.97 Å². The summed E-state index contributed by atoms with van der Waals surface area (Å²) in [6, 6.07) is 12.1. The Kier molecular flexibility index (Phi) is 7.46. The smallest absolute Gasteiger partial charge is 0.0964 e. The first kappa shape index (κ1) is 18.2. The number of hydrogen-bond donors (Lipinski definition) is 0. The first-order valence-corrected chi connectivity index (χ1v) is 32.4. The molecule has 0 bridgehead atoms. The van der Waals surface area contributed by atoms with E-state index >= 15 is 0 Å². The monoisotopic (exact) mass is 739 g/mol. The van der Waals surface area contributed by atoms with Crippen molar-refractivity contribution in [1.82, 2.24) is 9.97 Å². The van der Waals surface area contributed by atoms with Crippen LogP contribution in [0.5, 0.6) is 0 Å². The summed E-state index contributed by atoms with van der Waals surface area (Å²) < 4.78 is 3.99. The summed E-state index contributed by atoms with van der Waals surface area (Å²) in [7, 11) is 0. The maximum Gasteiger partial charge on any atom is 0.0964 e. The number of isothiocyanates is 1. The minimum Gasteiger partial charge on any atom is -0.254 e. The van der Waals surface area contributed by atoms with Crippen LogP contribution in [0.25, 0.3) is 21.8 Å². The predicted molar refractivity (Wildman–Crippen MR) is 120 cm³/mol. The summed E-state index contributed by atoms with van der Waals surface area (Å²) in [5, 5.41) is 4.66. The first-order chi connectivity index (χ1) is 10.0. The quantitative estimate of drug-likeness (QED) is 0.107. The fourth-order valence-electron chi connectivity index (χ4n) is 1.73. The molecule has 0 atom stereocenters. The summed E-state index contributed by atoms with van der Waals surface area (Å²) in [4.78, 5) is 8.69. The molecule has 0 aliphatic heterocycles. The average molecular weight is 738 g/mol. The number of halogens is 3. The van der Waals surface area contributed by atoms with E-state index in [9.17, 15) is 0 Å². The van der Waals surface area contributed by atoms with Crippen LogP contribution in [-0.2, 0) is 0 Å². The topological polar surface area (TPSA) is 38.1 Å². The summed E-state index contributed by atoms with van der Waals surface area (Å²) in [5.74, 6) is 0. The van der Waals surface area contributed by atoms with Crippen LogP contribution in [0.3, 0.4) is 0 Å². The zero-order valence-electron chi connectivity index (χ0n) is 10.5. The van der Waals surface area contributed by atoms with Crippen molar-refractivity contribution in [2.45, 2.75) is 0 Å². The second-order valence-electron chi connectivity index (χ2n) is 3.89. The Hall–Kier alpha value is 0.829. The van der Waals surface area contributed by atoms with E-state index in [4.69, 9.17) is 0 Å². The zero-order chi connectivity index (χ0) is 15.3. The van der Waals surface area contributed by atoms with Gasteiger partial charge in [-0.05, 0) is 12.1 Å². The number of rotatable bonds is 1. The number of pyridine rings is 2. The Balaban J connectivity index is 0.000000199. The van der Waals surface area contributed by atoms with Crippen molar-refractivity contribution < 1.29 is 0 Å². The molecule has 0 amide bonds. The van der Waals surface area contributed by atoms with E-state index in [0.717, 1.165) is 21.8 Å². The van der Waals surface area contributed by atoms with E-state index < -0.39 is 6.75 Å². The third kappa shape index (κ3) is 5.75. The third-order valence-electron chi connectivity index (χ3n) is 2.52. The maximum atomic E-state index is 4.42. The van der Waals surface area contributed by atoms with Crippen LogP contribution >= 0.6 is 68.1 Å². The van der Waals surface area contributed by atoms with Crippen molar-refractivity contribution in [3.05, 3.63) is 48.8 Å². The Morgan fingerprint density at radius 3 is 1.71 bits per heavy atom. The van der Waals surface area contributed by atoms with Gasteiger partial charge in [0.15, 0.2) is 0 Å². The molecule has 1 aromatic carbocycles. The van der Waals surface area contributed by atoms with Gasteiger partial charge in [0, 0.05) is 23.2 Å². The van der Waals surface area contributed by atoms with Crippen LogP contribution in [0.1, 0.15) is 0 Å². The largest absolute Gasteiger partial charge is 0.254 e. The fraction of sp³-hybridized carbons (Fsp3) is 0. The van der Waals surface area contributed by atoms with Crippen molar-refractivity contribution in [3.63, 3.8) is 0 Å². The van der Waals surface area contributed by atoms with Gasteiger partial charge in [0.25, 0.3) is 0 Å². The molecule has 2 aromatic heterocycles. The molecule has 21 heavy (non-hydrogen) atoms. The molecule has 2 heterocycles. The Morgan fingerprint density at radius 1 is 0.905 bits per heavy atom. The molecule has 0 unspecified atom stereocenters. The number of thiocarbonyl (C=S) groups is 1. The molecule has 0 aliphatic rings. The molecule has 3 rings (SSSR count). The van der Waals surface area contributed by atoms with Crippen LogP contribution in [0, 0.1) is 0 Å². The van der Waals surface area contributed by atoms with Crippen LogP contribution in [0.15, 0.2) is 52.0 Å². The zero-order valence-corrected chi connectivity index (χ0v) is 20.6. The normalized spacial score (nSPS) is 10.6. The number of nitrogens with zero attached hydrogens (tertiary/aromatic N) is 3. The third-order valence-corrected chi connectivity index (χ3v) is 8.97. The van der Waals surface area contributed by atoms with Crippen LogP contribution in [0.4, 0.5) is 0 Å². The summed E-state index contributed by atoms with van der Waals surface area (Å²) >= 11 is 11.5. The standard InChI is InChI=1S/C12H8N2.CNS.3HI.Sn/c1-3-9-5-6-10-4-2-8-14-12(10)11(9)13-7-1;2-1-3;;;;/h1-8H;;3*1H;/q;-1;;;;+4/p-3. The predicted octanol–water partition coefficient (Wildman–Crippen LogP) is 5.61. The molecule has 3 nitrogen and oxygen atoms in total. The Labute approximate surface area is 161 Å². The molecule has 0 radical (unpaired) electrons. The van der Waals surface area contributed by atoms with Gasteiger partial charge in [-0.2, -0.15) is 0 Å². The minimum atomic E-state index is -1.96. The van der Waals surface area contributed by atoms with Gasteiger partial charge < -0.3 is 0 Å². The van der Waals surface area contributed by atoms with Crippen LogP contribution in [-0.4, -0.2) is 21.9 Å². The van der Waals surface area contributed by atoms with E-state index in [2.05, 4.69) is 111 Å². The minimum absolute atomic E-state index is 0.977. The van der Waals surface area contributed by atoms with Crippen molar-refractivity contribution >= 4 is 102 Å². The SMILES string of the molecule is S=C=[N][Sn]([I])([I])[I].c1cnc2c(c1)ccc1cccnc12. The molecule has 0 N–H and O–H groups in total. The molecule has 0 saturated carbocycles. The van der Waals surface area contributed by atoms with Crippen LogP contribution < -0.4 is 0 Å². The second kappa shape index (κ2) is 8.62. The van der Waals surface area contributed by atoms with Crippen LogP contribution in [0.2, 0.25) is 0 Å². The van der Waals surface area contributed by atoms with Gasteiger partial charge in [0.2, 0.25) is 0 Å². The Bertz CT molecular complexity index is 761. The van der Waals surface area contributed by atoms with Crippen molar-refractivity contribution in [1.29, 1.82) is 0 Å². The molecular formula is C13H8I3N3SSn. The van der Waals surface area contributed by atoms with E-state index in [-0.39, 0.29) is 0 Å². The van der Waals surface area contributed by atoms with E-state index in [1.54, 1.807) is 12.4 Å². The van der Waals surface area contributed by atoms with Gasteiger partial charge >= 0.3 is 83.2 Å². The summed E-state index contributed by atoms with van der Waals surface area (Å²) in [6.45, 7) is -1.96. The number of aromatic nitrogens is 2. The van der Waals surface area contributed by atoms with Crippen molar-refractivity contribution in [2.24, 2.45) is 3.21 Å². The number of fused-ring (bicyclic) bond motifs is 3. The van der Waals surface area contributed by atoms with Gasteiger partial charge in [0.1, 0.15) is 0 Å². The summed E-state index contributed by atoms with van der Waals surface area (Å²) in [6.07, 6.45) is 3.60. The first-order valence-electron chi connectivity index (χ1n) is 5.75. The molecule has 106 valence electrons. The average Bonchev–Trinajstić information content (AvgIpc) is 2.46. The van der Waals surface area contributed by atoms with E-state index in [0.29, 0.717) is 0 Å². The molecular weight excluding hydrogens is 730 g/mol. The molecule has 0 fully saturated rings. The fourth-order valence-corrected chi connectivity index (χ4v) is 8.67. The van der Waals surface area contributed by atoms with Crippen molar-refractivity contribution in [2.75, 3.05) is 0 Å². The molecule has 0 spiro atoms. The number of benzene rings is 1. The van der Waals surface area contributed by atoms with Gasteiger partial charge in [-0.25, -0.2) is 0 Å². The molecule has 0 aliphatic carbocycles. The van der Waals surface area contributed by atoms with Gasteiger partial charge in [-0.1, -0.05) is 24.3 Å². The molecule has 3 aromatic rings. The van der Waals surface area contributed by atoms with Gasteiger partial charge in [-0.15, -0.1) is 0 Å². The molecule has 8 heteroatoms. The molecule has 0 saturated heterocycles. The van der Waals surface area contributed by atoms with Gasteiger partial charge in [0.05, 0.1) is 11.0 Å². The van der Waals surface area contributed by atoms with E-state index in [1.165, 1.54) is 0 Å².